The topological polar surface area (TPSA) is 109 Å². The van der Waals surface area contributed by atoms with E-state index in [0.29, 0.717) is 17.1 Å². The first-order valence-electron chi connectivity index (χ1n) is 5.66. The summed E-state index contributed by atoms with van der Waals surface area (Å²) in [5.74, 6) is 0. The third kappa shape index (κ3) is 4.15. The van der Waals surface area contributed by atoms with E-state index in [1.807, 2.05) is 0 Å². The smallest absolute Gasteiger partial charge is 0.282 e. The Morgan fingerprint density at radius 3 is 1.67 bits per heavy atom. The lowest BCUT2D eigenvalue weighted by Crippen LogP contribution is -1.96. The highest BCUT2D eigenvalue weighted by Gasteiger charge is 2.07. The Morgan fingerprint density at radius 1 is 0.810 bits per heavy atom. The Morgan fingerprint density at radius 2 is 1.24 bits per heavy atom. The average Bonchev–Trinajstić information content (AvgIpc) is 2.46. The van der Waals surface area contributed by atoms with Gasteiger partial charge in [0, 0.05) is 0 Å². The molecule has 0 saturated carbocycles. The molecule has 2 aromatic carbocycles. The van der Waals surface area contributed by atoms with Crippen molar-refractivity contribution in [1.82, 2.24) is 0 Å². The number of isocyanates is 1. The Hall–Kier alpha value is -2.67. The second kappa shape index (κ2) is 6.19. The summed E-state index contributed by atoms with van der Waals surface area (Å²) < 4.78 is 30.6. The van der Waals surface area contributed by atoms with Crippen LogP contribution in [0.4, 0.5) is 17.1 Å². The standard InChI is InChI=1S/C13H9N3O4S/c17-9-14-10-1-3-11(4-2-10)15-16-12-5-7-13(8-6-12)21(18,19)20/h1-8H,(H,18,19,20). The van der Waals surface area contributed by atoms with E-state index >= 15 is 0 Å². The zero-order valence-electron chi connectivity index (χ0n) is 10.5. The minimum Gasteiger partial charge on any atom is -0.282 e. The van der Waals surface area contributed by atoms with Crippen LogP contribution < -0.4 is 0 Å². The third-order valence-electron chi connectivity index (χ3n) is 2.44. The Bertz CT molecular complexity index is 805. The molecule has 0 aliphatic rings. The molecule has 1 N–H and O–H groups in total. The van der Waals surface area contributed by atoms with Gasteiger partial charge in [0.15, 0.2) is 0 Å². The van der Waals surface area contributed by atoms with E-state index in [4.69, 9.17) is 4.55 Å². The van der Waals surface area contributed by atoms with Crippen molar-refractivity contribution >= 4 is 33.3 Å². The fourth-order valence-corrected chi connectivity index (χ4v) is 1.93. The number of hydrogen-bond donors (Lipinski definition) is 1. The molecule has 8 heteroatoms. The van der Waals surface area contributed by atoms with Gasteiger partial charge in [-0.2, -0.15) is 23.6 Å². The highest BCUT2D eigenvalue weighted by molar-refractivity contribution is 7.85. The van der Waals surface area contributed by atoms with Crippen LogP contribution in [0, 0.1) is 0 Å². The molecule has 0 unspecified atom stereocenters. The summed E-state index contributed by atoms with van der Waals surface area (Å²) >= 11 is 0. The minimum absolute atomic E-state index is 0.211. The molecule has 0 spiro atoms. The molecule has 0 aliphatic carbocycles. The molecule has 106 valence electrons. The van der Waals surface area contributed by atoms with Crippen molar-refractivity contribution in [2.45, 2.75) is 4.90 Å². The molecule has 2 aromatic rings. The van der Waals surface area contributed by atoms with Gasteiger partial charge >= 0.3 is 0 Å². The Labute approximate surface area is 120 Å². The highest BCUT2D eigenvalue weighted by atomic mass is 32.2. The molecule has 0 heterocycles. The second-order valence-corrected chi connectivity index (χ2v) is 5.31. The van der Waals surface area contributed by atoms with Crippen LogP contribution in [0.1, 0.15) is 0 Å². The zero-order valence-corrected chi connectivity index (χ0v) is 11.4. The lowest BCUT2D eigenvalue weighted by Gasteiger charge is -1.97. The van der Waals surface area contributed by atoms with Crippen molar-refractivity contribution in [1.29, 1.82) is 0 Å². The van der Waals surface area contributed by atoms with Gasteiger partial charge < -0.3 is 0 Å². The van der Waals surface area contributed by atoms with Gasteiger partial charge in [-0.15, -0.1) is 0 Å². The molecule has 0 aromatic heterocycles. The van der Waals surface area contributed by atoms with Crippen LogP contribution in [0.25, 0.3) is 0 Å². The molecular weight excluding hydrogens is 294 g/mol. The molecule has 2 rings (SSSR count). The number of benzene rings is 2. The van der Waals surface area contributed by atoms with Crippen LogP contribution in [0.3, 0.4) is 0 Å². The summed E-state index contributed by atoms with van der Waals surface area (Å²) in [4.78, 5) is 13.3. The first-order valence-corrected chi connectivity index (χ1v) is 7.10. The summed E-state index contributed by atoms with van der Waals surface area (Å²) in [6.45, 7) is 0. The number of nitrogens with zero attached hydrogens (tertiary/aromatic N) is 3. The SMILES string of the molecule is O=C=Nc1ccc(N=Nc2ccc(S(=O)(=O)O)cc2)cc1. The summed E-state index contributed by atoms with van der Waals surface area (Å²) in [6.07, 6.45) is 1.43. The second-order valence-electron chi connectivity index (χ2n) is 3.89. The summed E-state index contributed by atoms with van der Waals surface area (Å²) in [7, 11) is -4.21. The van der Waals surface area contributed by atoms with Crippen LogP contribution in [0.5, 0.6) is 0 Å². The van der Waals surface area contributed by atoms with Crippen molar-refractivity contribution in [2.24, 2.45) is 15.2 Å². The molecule has 0 radical (unpaired) electrons. The largest absolute Gasteiger partial charge is 0.294 e. The molecular formula is C13H9N3O4S. The van der Waals surface area contributed by atoms with Crippen LogP contribution in [0.15, 0.2) is 68.6 Å². The predicted molar refractivity (Wildman–Crippen MR) is 74.7 cm³/mol. The third-order valence-corrected chi connectivity index (χ3v) is 3.31. The van der Waals surface area contributed by atoms with Gasteiger partial charge in [0.05, 0.1) is 22.0 Å². The van der Waals surface area contributed by atoms with Crippen molar-refractivity contribution in [3.63, 3.8) is 0 Å². The van der Waals surface area contributed by atoms with Gasteiger partial charge in [0.25, 0.3) is 10.1 Å². The van der Waals surface area contributed by atoms with Gasteiger partial charge in [-0.25, -0.2) is 4.79 Å². The van der Waals surface area contributed by atoms with Gasteiger partial charge in [-0.3, -0.25) is 4.55 Å². The van der Waals surface area contributed by atoms with E-state index in [1.54, 1.807) is 24.3 Å². The van der Waals surface area contributed by atoms with E-state index < -0.39 is 10.1 Å². The van der Waals surface area contributed by atoms with Gasteiger partial charge in [0.1, 0.15) is 0 Å². The number of aliphatic imine (C=N–C) groups is 1. The minimum atomic E-state index is -4.21. The number of hydrogen-bond acceptors (Lipinski definition) is 6. The summed E-state index contributed by atoms with van der Waals surface area (Å²) in [6, 6.07) is 11.7. The fourth-order valence-electron chi connectivity index (χ4n) is 1.45. The Balaban J connectivity index is 2.15. The quantitative estimate of drug-likeness (QED) is 0.404. The van der Waals surface area contributed by atoms with Crippen LogP contribution >= 0.6 is 0 Å². The summed E-state index contributed by atoms with van der Waals surface area (Å²) in [5.41, 5.74) is 1.43. The predicted octanol–water partition coefficient (Wildman–Crippen LogP) is 3.32. The van der Waals surface area contributed by atoms with Crippen LogP contribution in [0.2, 0.25) is 0 Å². The lowest BCUT2D eigenvalue weighted by atomic mass is 10.3. The normalized spacial score (nSPS) is 11.3. The average molecular weight is 303 g/mol. The molecule has 0 aliphatic heterocycles. The van der Waals surface area contributed by atoms with Crippen molar-refractivity contribution in [3.05, 3.63) is 48.5 Å². The van der Waals surface area contributed by atoms with Gasteiger partial charge in [-0.1, -0.05) is 0 Å². The van der Waals surface area contributed by atoms with E-state index in [9.17, 15) is 13.2 Å². The van der Waals surface area contributed by atoms with Gasteiger partial charge in [-0.05, 0) is 48.5 Å². The van der Waals surface area contributed by atoms with Crippen molar-refractivity contribution < 1.29 is 17.8 Å². The number of carbonyl (C=O) groups excluding carboxylic acids is 1. The molecule has 21 heavy (non-hydrogen) atoms. The van der Waals surface area contributed by atoms with Gasteiger partial charge in [0.2, 0.25) is 6.08 Å². The molecule has 0 bridgehead atoms. The highest BCUT2D eigenvalue weighted by Crippen LogP contribution is 2.22. The molecule has 0 amide bonds. The van der Waals surface area contributed by atoms with Crippen molar-refractivity contribution in [3.8, 4) is 0 Å². The fraction of sp³-hybridized carbons (Fsp3) is 0. The monoisotopic (exact) mass is 303 g/mol. The van der Waals surface area contributed by atoms with Crippen LogP contribution in [-0.4, -0.2) is 19.1 Å². The molecule has 0 fully saturated rings. The zero-order chi connectivity index (χ0) is 15.3. The maximum atomic E-state index is 10.9. The van der Waals surface area contributed by atoms with E-state index in [1.165, 1.54) is 30.3 Å². The molecule has 7 nitrogen and oxygen atoms in total. The first kappa shape index (κ1) is 14.7. The Kier molecular flexibility index (Phi) is 4.34. The maximum absolute atomic E-state index is 10.9. The first-order chi connectivity index (χ1) is 9.99. The number of rotatable bonds is 4. The van der Waals surface area contributed by atoms with E-state index in [-0.39, 0.29) is 4.90 Å². The molecule has 0 atom stereocenters. The van der Waals surface area contributed by atoms with E-state index in [0.717, 1.165) is 0 Å². The van der Waals surface area contributed by atoms with Crippen molar-refractivity contribution in [2.75, 3.05) is 0 Å². The van der Waals surface area contributed by atoms with Crippen LogP contribution in [-0.2, 0) is 14.9 Å². The lowest BCUT2D eigenvalue weighted by molar-refractivity contribution is 0.483. The van der Waals surface area contributed by atoms with E-state index in [2.05, 4.69) is 15.2 Å². The number of azo groups is 1. The molecule has 0 saturated heterocycles. The summed E-state index contributed by atoms with van der Waals surface area (Å²) in [5, 5.41) is 7.86. The maximum Gasteiger partial charge on any atom is 0.294 e.